The third kappa shape index (κ3) is 3.92. The molecule has 0 bridgehead atoms. The predicted octanol–water partition coefficient (Wildman–Crippen LogP) is 1.26. The molecule has 1 rings (SSSR count). The van der Waals surface area contributed by atoms with Crippen LogP contribution in [0, 0.1) is 0 Å². The number of phenols is 1. The fourth-order valence-corrected chi connectivity index (χ4v) is 0.968. The van der Waals surface area contributed by atoms with Gasteiger partial charge in [0.2, 0.25) is 0 Å². The largest absolute Gasteiger partial charge is 0.508 e. The normalized spacial score (nSPS) is 10.2. The number of nitrogens with two attached hydrogens (primary N) is 1. The summed E-state index contributed by atoms with van der Waals surface area (Å²) in [4.78, 5) is 0. The molecule has 0 atom stereocenters. The molecule has 0 spiro atoms. The molecule has 0 fully saturated rings. The van der Waals surface area contributed by atoms with Crippen LogP contribution in [0.15, 0.2) is 24.3 Å². The van der Waals surface area contributed by atoms with E-state index in [9.17, 15) is 0 Å². The SMILES string of the molecule is NCCCOCc1ccc(O)cc1. The number of rotatable bonds is 5. The van der Waals surface area contributed by atoms with Crippen LogP contribution in [0.25, 0.3) is 0 Å². The second kappa shape index (κ2) is 5.56. The molecule has 1 aromatic carbocycles. The standard InChI is InChI=1S/C10H15NO2/c11-6-1-7-13-8-9-2-4-10(12)5-3-9/h2-5,12H,1,6-8,11H2. The molecule has 3 heteroatoms. The molecule has 0 unspecified atom stereocenters. The van der Waals surface area contributed by atoms with Crippen LogP contribution in [0.3, 0.4) is 0 Å². The van der Waals surface area contributed by atoms with Gasteiger partial charge >= 0.3 is 0 Å². The summed E-state index contributed by atoms with van der Waals surface area (Å²) >= 11 is 0. The predicted molar refractivity (Wildman–Crippen MR) is 51.4 cm³/mol. The summed E-state index contributed by atoms with van der Waals surface area (Å²) < 4.78 is 5.34. The maximum Gasteiger partial charge on any atom is 0.115 e. The van der Waals surface area contributed by atoms with Gasteiger partial charge in [0, 0.05) is 6.61 Å². The number of hydrogen-bond acceptors (Lipinski definition) is 3. The van der Waals surface area contributed by atoms with Crippen LogP contribution < -0.4 is 5.73 Å². The van der Waals surface area contributed by atoms with Crippen LogP contribution >= 0.6 is 0 Å². The Balaban J connectivity index is 2.25. The minimum atomic E-state index is 0.283. The van der Waals surface area contributed by atoms with Crippen molar-refractivity contribution in [2.24, 2.45) is 5.73 Å². The third-order valence-electron chi connectivity index (χ3n) is 1.70. The van der Waals surface area contributed by atoms with Crippen LogP contribution in [-0.2, 0) is 11.3 Å². The van der Waals surface area contributed by atoms with E-state index >= 15 is 0 Å². The van der Waals surface area contributed by atoms with E-state index in [4.69, 9.17) is 15.6 Å². The summed E-state index contributed by atoms with van der Waals surface area (Å²) in [5.74, 6) is 0.283. The molecule has 1 aromatic rings. The summed E-state index contributed by atoms with van der Waals surface area (Å²) in [5, 5.41) is 9.01. The maximum atomic E-state index is 9.01. The topological polar surface area (TPSA) is 55.5 Å². The molecular formula is C10H15NO2. The first-order chi connectivity index (χ1) is 6.33. The van der Waals surface area contributed by atoms with Crippen molar-refractivity contribution in [2.45, 2.75) is 13.0 Å². The highest BCUT2D eigenvalue weighted by Crippen LogP contribution is 2.10. The minimum absolute atomic E-state index is 0.283. The lowest BCUT2D eigenvalue weighted by Gasteiger charge is -2.02. The highest BCUT2D eigenvalue weighted by Gasteiger charge is 1.92. The molecule has 3 nitrogen and oxygen atoms in total. The van der Waals surface area contributed by atoms with Gasteiger partial charge in [-0.2, -0.15) is 0 Å². The Labute approximate surface area is 78.1 Å². The van der Waals surface area contributed by atoms with E-state index in [1.54, 1.807) is 12.1 Å². The average Bonchev–Trinajstić information content (AvgIpc) is 2.15. The number of hydrogen-bond donors (Lipinski definition) is 2. The van der Waals surface area contributed by atoms with E-state index in [0.717, 1.165) is 12.0 Å². The Kier molecular flexibility index (Phi) is 4.29. The third-order valence-corrected chi connectivity index (χ3v) is 1.70. The van der Waals surface area contributed by atoms with Gasteiger partial charge in [0.15, 0.2) is 0 Å². The van der Waals surface area contributed by atoms with E-state index in [1.165, 1.54) is 0 Å². The van der Waals surface area contributed by atoms with Gasteiger partial charge < -0.3 is 15.6 Å². The van der Waals surface area contributed by atoms with Gasteiger partial charge in [-0.05, 0) is 30.7 Å². The molecule has 0 amide bonds. The highest BCUT2D eigenvalue weighted by atomic mass is 16.5. The maximum absolute atomic E-state index is 9.01. The first kappa shape index (κ1) is 10.0. The summed E-state index contributed by atoms with van der Waals surface area (Å²) in [6.45, 7) is 1.94. The monoisotopic (exact) mass is 181 g/mol. The molecular weight excluding hydrogens is 166 g/mol. The van der Waals surface area contributed by atoms with E-state index in [-0.39, 0.29) is 5.75 Å². The van der Waals surface area contributed by atoms with Crippen molar-refractivity contribution in [1.82, 2.24) is 0 Å². The van der Waals surface area contributed by atoms with Gasteiger partial charge in [0.1, 0.15) is 5.75 Å². The van der Waals surface area contributed by atoms with Crippen molar-refractivity contribution in [3.05, 3.63) is 29.8 Å². The summed E-state index contributed by atoms with van der Waals surface area (Å²) in [6, 6.07) is 7.00. The number of ether oxygens (including phenoxy) is 1. The van der Waals surface area contributed by atoms with E-state index in [1.807, 2.05) is 12.1 Å². The van der Waals surface area contributed by atoms with Crippen molar-refractivity contribution in [1.29, 1.82) is 0 Å². The first-order valence-electron chi connectivity index (χ1n) is 4.38. The fourth-order valence-electron chi connectivity index (χ4n) is 0.968. The second-order valence-electron chi connectivity index (χ2n) is 2.86. The smallest absolute Gasteiger partial charge is 0.115 e. The van der Waals surface area contributed by atoms with Gasteiger partial charge in [0.05, 0.1) is 6.61 Å². The van der Waals surface area contributed by atoms with Crippen LogP contribution in [0.5, 0.6) is 5.75 Å². The lowest BCUT2D eigenvalue weighted by atomic mass is 10.2. The molecule has 0 saturated carbocycles. The Morgan fingerprint density at radius 2 is 1.92 bits per heavy atom. The molecule has 3 N–H and O–H groups in total. The van der Waals surface area contributed by atoms with Crippen LogP contribution in [-0.4, -0.2) is 18.3 Å². The zero-order valence-electron chi connectivity index (χ0n) is 7.57. The van der Waals surface area contributed by atoms with Gasteiger partial charge in [-0.25, -0.2) is 0 Å². The van der Waals surface area contributed by atoms with Gasteiger partial charge in [-0.3, -0.25) is 0 Å². The van der Waals surface area contributed by atoms with Crippen LogP contribution in [0.1, 0.15) is 12.0 Å². The van der Waals surface area contributed by atoms with Gasteiger partial charge in [0.25, 0.3) is 0 Å². The fraction of sp³-hybridized carbons (Fsp3) is 0.400. The molecule has 0 aliphatic carbocycles. The zero-order chi connectivity index (χ0) is 9.52. The molecule has 13 heavy (non-hydrogen) atoms. The van der Waals surface area contributed by atoms with E-state index in [0.29, 0.717) is 19.8 Å². The molecule has 0 aliphatic heterocycles. The lowest BCUT2D eigenvalue weighted by Crippen LogP contribution is -2.04. The quantitative estimate of drug-likeness (QED) is 0.672. The highest BCUT2D eigenvalue weighted by molar-refractivity contribution is 5.25. The second-order valence-corrected chi connectivity index (χ2v) is 2.86. The van der Waals surface area contributed by atoms with Crippen molar-refractivity contribution < 1.29 is 9.84 Å². The van der Waals surface area contributed by atoms with E-state index < -0.39 is 0 Å². The number of phenolic OH excluding ortho intramolecular Hbond substituents is 1. The Bertz CT molecular complexity index is 233. The van der Waals surface area contributed by atoms with Crippen molar-refractivity contribution in [3.63, 3.8) is 0 Å². The Morgan fingerprint density at radius 3 is 2.54 bits per heavy atom. The van der Waals surface area contributed by atoms with Crippen LogP contribution in [0.2, 0.25) is 0 Å². The molecule has 72 valence electrons. The zero-order valence-corrected chi connectivity index (χ0v) is 7.57. The lowest BCUT2D eigenvalue weighted by molar-refractivity contribution is 0.120. The summed E-state index contributed by atoms with van der Waals surface area (Å²) in [6.07, 6.45) is 0.887. The van der Waals surface area contributed by atoms with Crippen molar-refractivity contribution in [3.8, 4) is 5.75 Å². The average molecular weight is 181 g/mol. The first-order valence-corrected chi connectivity index (χ1v) is 4.38. The molecule has 0 aromatic heterocycles. The molecule has 0 saturated heterocycles. The molecule has 0 radical (unpaired) electrons. The summed E-state index contributed by atoms with van der Waals surface area (Å²) in [5.41, 5.74) is 6.38. The number of benzene rings is 1. The van der Waals surface area contributed by atoms with E-state index in [2.05, 4.69) is 0 Å². The Morgan fingerprint density at radius 1 is 1.23 bits per heavy atom. The molecule has 0 aliphatic rings. The summed E-state index contributed by atoms with van der Waals surface area (Å²) in [7, 11) is 0. The Hall–Kier alpha value is -1.06. The minimum Gasteiger partial charge on any atom is -0.508 e. The van der Waals surface area contributed by atoms with Gasteiger partial charge in [-0.1, -0.05) is 12.1 Å². The van der Waals surface area contributed by atoms with Gasteiger partial charge in [-0.15, -0.1) is 0 Å². The van der Waals surface area contributed by atoms with Crippen LogP contribution in [0.4, 0.5) is 0 Å². The van der Waals surface area contributed by atoms with Crippen molar-refractivity contribution >= 4 is 0 Å². The van der Waals surface area contributed by atoms with Crippen molar-refractivity contribution in [2.75, 3.05) is 13.2 Å². The number of aromatic hydroxyl groups is 1. The molecule has 0 heterocycles.